The van der Waals surface area contributed by atoms with Crippen LogP contribution in [0, 0.1) is 5.41 Å². The van der Waals surface area contributed by atoms with E-state index >= 15 is 0 Å². The van der Waals surface area contributed by atoms with E-state index in [0.29, 0.717) is 12.0 Å². The Labute approximate surface area is 112 Å². The summed E-state index contributed by atoms with van der Waals surface area (Å²) in [5.74, 6) is 0. The fourth-order valence-electron chi connectivity index (χ4n) is 2.36. The van der Waals surface area contributed by atoms with Gasteiger partial charge in [-0.25, -0.2) is 0 Å². The number of hydrogen-bond acceptors (Lipinski definition) is 2. The highest BCUT2D eigenvalue weighted by Crippen LogP contribution is 2.34. The maximum atomic E-state index is 5.82. The smallest absolute Gasteiger partial charge is 0.0423 e. The molecule has 1 aliphatic heterocycles. The first-order chi connectivity index (χ1) is 8.02. The van der Waals surface area contributed by atoms with E-state index in [-0.39, 0.29) is 0 Å². The molecule has 0 unspecified atom stereocenters. The number of piperidine rings is 1. The number of benzene rings is 1. The van der Waals surface area contributed by atoms with Gasteiger partial charge in [0, 0.05) is 29.8 Å². The van der Waals surface area contributed by atoms with Crippen molar-refractivity contribution >= 4 is 21.6 Å². The van der Waals surface area contributed by atoms with Crippen molar-refractivity contribution in [3.63, 3.8) is 0 Å². The third-order valence-electron chi connectivity index (χ3n) is 3.72. The standard InChI is InChI=1S/C14H21BrN2/c1-14(2)5-7-17(8-6-14)13-9-12(15)4-3-11(13)10-16/h3-4,9H,5-8,10,16H2,1-2H3. The normalized spacial score (nSPS) is 19.4. The van der Waals surface area contributed by atoms with E-state index in [0.717, 1.165) is 17.6 Å². The highest BCUT2D eigenvalue weighted by atomic mass is 79.9. The first-order valence-corrected chi connectivity index (χ1v) is 7.04. The third-order valence-corrected chi connectivity index (χ3v) is 4.22. The Hall–Kier alpha value is -0.540. The number of anilines is 1. The van der Waals surface area contributed by atoms with Crippen molar-refractivity contribution < 1.29 is 0 Å². The molecule has 1 aliphatic rings. The minimum atomic E-state index is 0.491. The second kappa shape index (κ2) is 4.99. The van der Waals surface area contributed by atoms with E-state index in [2.05, 4.69) is 52.9 Å². The van der Waals surface area contributed by atoms with Crippen LogP contribution in [0.2, 0.25) is 0 Å². The lowest BCUT2D eigenvalue weighted by Crippen LogP contribution is -2.37. The van der Waals surface area contributed by atoms with Gasteiger partial charge in [-0.3, -0.25) is 0 Å². The summed E-state index contributed by atoms with van der Waals surface area (Å²) in [6.07, 6.45) is 2.51. The molecule has 0 saturated carbocycles. The molecule has 2 rings (SSSR count). The van der Waals surface area contributed by atoms with E-state index in [1.807, 2.05) is 0 Å². The molecule has 2 N–H and O–H groups in total. The van der Waals surface area contributed by atoms with Gasteiger partial charge in [-0.1, -0.05) is 35.8 Å². The Morgan fingerprint density at radius 3 is 2.53 bits per heavy atom. The molecule has 1 saturated heterocycles. The predicted octanol–water partition coefficient (Wildman–Crippen LogP) is 3.53. The lowest BCUT2D eigenvalue weighted by molar-refractivity contribution is 0.279. The van der Waals surface area contributed by atoms with Crippen molar-refractivity contribution in [2.75, 3.05) is 18.0 Å². The van der Waals surface area contributed by atoms with Gasteiger partial charge in [0.2, 0.25) is 0 Å². The van der Waals surface area contributed by atoms with Crippen LogP contribution >= 0.6 is 15.9 Å². The number of rotatable bonds is 2. The summed E-state index contributed by atoms with van der Waals surface area (Å²) in [7, 11) is 0. The van der Waals surface area contributed by atoms with Crippen molar-refractivity contribution in [2.24, 2.45) is 11.1 Å². The van der Waals surface area contributed by atoms with Gasteiger partial charge in [0.05, 0.1) is 0 Å². The van der Waals surface area contributed by atoms with Crippen molar-refractivity contribution in [2.45, 2.75) is 33.2 Å². The number of halogens is 1. The van der Waals surface area contributed by atoms with Crippen molar-refractivity contribution in [3.05, 3.63) is 28.2 Å². The van der Waals surface area contributed by atoms with Gasteiger partial charge in [0.25, 0.3) is 0 Å². The average molecular weight is 297 g/mol. The van der Waals surface area contributed by atoms with E-state index in [4.69, 9.17) is 5.73 Å². The molecule has 0 radical (unpaired) electrons. The molecule has 1 heterocycles. The van der Waals surface area contributed by atoms with Crippen molar-refractivity contribution in [1.29, 1.82) is 0 Å². The Kier molecular flexibility index (Phi) is 3.79. The summed E-state index contributed by atoms with van der Waals surface area (Å²) >= 11 is 3.55. The zero-order valence-corrected chi connectivity index (χ0v) is 12.3. The summed E-state index contributed by atoms with van der Waals surface area (Å²) < 4.78 is 1.13. The first-order valence-electron chi connectivity index (χ1n) is 6.25. The highest BCUT2D eigenvalue weighted by Gasteiger charge is 2.26. The van der Waals surface area contributed by atoms with Crippen LogP contribution in [0.4, 0.5) is 5.69 Å². The molecule has 0 aromatic heterocycles. The van der Waals surface area contributed by atoms with Crippen LogP contribution in [0.15, 0.2) is 22.7 Å². The molecular formula is C14H21BrN2. The molecule has 0 amide bonds. The van der Waals surface area contributed by atoms with Gasteiger partial charge in [0.1, 0.15) is 0 Å². The van der Waals surface area contributed by atoms with Crippen LogP contribution in [0.1, 0.15) is 32.3 Å². The Morgan fingerprint density at radius 2 is 1.94 bits per heavy atom. The molecule has 0 aliphatic carbocycles. The second-order valence-electron chi connectivity index (χ2n) is 5.63. The second-order valence-corrected chi connectivity index (χ2v) is 6.54. The zero-order valence-electron chi connectivity index (χ0n) is 10.7. The predicted molar refractivity (Wildman–Crippen MR) is 77.3 cm³/mol. The monoisotopic (exact) mass is 296 g/mol. The lowest BCUT2D eigenvalue weighted by Gasteiger charge is -2.39. The highest BCUT2D eigenvalue weighted by molar-refractivity contribution is 9.10. The topological polar surface area (TPSA) is 29.3 Å². The van der Waals surface area contributed by atoms with Gasteiger partial charge >= 0.3 is 0 Å². The molecule has 3 heteroatoms. The number of nitrogens with two attached hydrogens (primary N) is 1. The maximum absolute atomic E-state index is 5.82. The Morgan fingerprint density at radius 1 is 1.29 bits per heavy atom. The molecule has 94 valence electrons. The van der Waals surface area contributed by atoms with E-state index in [1.165, 1.54) is 24.1 Å². The van der Waals surface area contributed by atoms with Crippen LogP contribution < -0.4 is 10.6 Å². The lowest BCUT2D eigenvalue weighted by atomic mass is 9.82. The van der Waals surface area contributed by atoms with Crippen LogP contribution in [-0.4, -0.2) is 13.1 Å². The van der Waals surface area contributed by atoms with Crippen LogP contribution in [0.5, 0.6) is 0 Å². The van der Waals surface area contributed by atoms with Gasteiger partial charge in [0.15, 0.2) is 0 Å². The fraction of sp³-hybridized carbons (Fsp3) is 0.571. The molecule has 1 aromatic rings. The first kappa shape index (κ1) is 12.9. The summed E-state index contributed by atoms with van der Waals surface area (Å²) in [5.41, 5.74) is 8.86. The number of nitrogens with zero attached hydrogens (tertiary/aromatic N) is 1. The van der Waals surface area contributed by atoms with Crippen molar-refractivity contribution in [1.82, 2.24) is 0 Å². The average Bonchev–Trinajstić information content (AvgIpc) is 2.29. The van der Waals surface area contributed by atoms with Crippen LogP contribution in [0.3, 0.4) is 0 Å². The van der Waals surface area contributed by atoms with Crippen LogP contribution in [-0.2, 0) is 6.54 Å². The molecule has 0 atom stereocenters. The van der Waals surface area contributed by atoms with Crippen molar-refractivity contribution in [3.8, 4) is 0 Å². The molecule has 17 heavy (non-hydrogen) atoms. The number of hydrogen-bond donors (Lipinski definition) is 1. The van der Waals surface area contributed by atoms with E-state index in [1.54, 1.807) is 0 Å². The summed E-state index contributed by atoms with van der Waals surface area (Å²) in [6, 6.07) is 6.39. The maximum Gasteiger partial charge on any atom is 0.0423 e. The van der Waals surface area contributed by atoms with Gasteiger partial charge in [-0.05, 0) is 36.0 Å². The quantitative estimate of drug-likeness (QED) is 0.904. The molecule has 1 fully saturated rings. The summed E-state index contributed by atoms with van der Waals surface area (Å²) in [4.78, 5) is 2.47. The molecular weight excluding hydrogens is 276 g/mol. The van der Waals surface area contributed by atoms with E-state index in [9.17, 15) is 0 Å². The van der Waals surface area contributed by atoms with Gasteiger partial charge in [-0.15, -0.1) is 0 Å². The molecule has 1 aromatic carbocycles. The molecule has 0 bridgehead atoms. The Bertz CT molecular complexity index is 391. The minimum Gasteiger partial charge on any atom is -0.371 e. The third kappa shape index (κ3) is 3.02. The molecule has 2 nitrogen and oxygen atoms in total. The fourth-order valence-corrected chi connectivity index (χ4v) is 2.71. The van der Waals surface area contributed by atoms with Gasteiger partial charge < -0.3 is 10.6 Å². The minimum absolute atomic E-state index is 0.491. The van der Waals surface area contributed by atoms with Crippen LogP contribution in [0.25, 0.3) is 0 Å². The summed E-state index contributed by atoms with van der Waals surface area (Å²) in [5, 5.41) is 0. The largest absolute Gasteiger partial charge is 0.371 e. The SMILES string of the molecule is CC1(C)CCN(c2cc(Br)ccc2CN)CC1. The Balaban J connectivity index is 2.20. The molecule has 0 spiro atoms. The van der Waals surface area contributed by atoms with Gasteiger partial charge in [-0.2, -0.15) is 0 Å². The van der Waals surface area contributed by atoms with E-state index < -0.39 is 0 Å². The summed E-state index contributed by atoms with van der Waals surface area (Å²) in [6.45, 7) is 7.60. The zero-order chi connectivity index (χ0) is 12.5.